The van der Waals surface area contributed by atoms with Crippen molar-refractivity contribution in [1.29, 1.82) is 0 Å². The van der Waals surface area contributed by atoms with E-state index in [1.807, 2.05) is 86.6 Å². The summed E-state index contributed by atoms with van der Waals surface area (Å²) >= 11 is 1.51. The summed E-state index contributed by atoms with van der Waals surface area (Å²) in [6.07, 6.45) is 0.182. The molecule has 0 saturated carbocycles. The highest BCUT2D eigenvalue weighted by atomic mass is 32.1. The van der Waals surface area contributed by atoms with Crippen LogP contribution in [0.1, 0.15) is 24.5 Å². The Kier molecular flexibility index (Phi) is 6.51. The molecule has 2 heterocycles. The van der Waals surface area contributed by atoms with Gasteiger partial charge in [0.1, 0.15) is 5.75 Å². The van der Waals surface area contributed by atoms with Crippen molar-refractivity contribution in [3.8, 4) is 5.75 Å². The molecule has 0 spiro atoms. The highest BCUT2D eigenvalue weighted by Gasteiger charge is 2.38. The molecular formula is C28H27N3O3S. The van der Waals surface area contributed by atoms with Crippen LogP contribution in [0.4, 0.5) is 10.8 Å². The first-order valence-corrected chi connectivity index (χ1v) is 12.6. The number of aryl methyl sites for hydroxylation is 1. The van der Waals surface area contributed by atoms with Gasteiger partial charge in [0.2, 0.25) is 11.8 Å². The zero-order valence-corrected chi connectivity index (χ0v) is 20.6. The van der Waals surface area contributed by atoms with Gasteiger partial charge in [0.25, 0.3) is 0 Å². The molecule has 1 atom stereocenters. The van der Waals surface area contributed by atoms with E-state index in [1.165, 1.54) is 11.3 Å². The van der Waals surface area contributed by atoms with E-state index in [9.17, 15) is 9.59 Å². The Labute approximate surface area is 208 Å². The van der Waals surface area contributed by atoms with E-state index in [4.69, 9.17) is 9.72 Å². The summed E-state index contributed by atoms with van der Waals surface area (Å²) in [5, 5.41) is 0.662. The summed E-state index contributed by atoms with van der Waals surface area (Å²) in [6.45, 7) is 5.30. The molecule has 178 valence electrons. The number of aromatic nitrogens is 1. The predicted molar refractivity (Wildman–Crippen MR) is 140 cm³/mol. The molecule has 3 aromatic carbocycles. The number of carbonyl (C=O) groups is 2. The minimum atomic E-state index is -0.439. The lowest BCUT2D eigenvalue weighted by molar-refractivity contribution is -0.124. The fourth-order valence-electron chi connectivity index (χ4n) is 4.43. The highest BCUT2D eigenvalue weighted by molar-refractivity contribution is 7.22. The van der Waals surface area contributed by atoms with Crippen LogP contribution in [0.3, 0.4) is 0 Å². The predicted octanol–water partition coefficient (Wildman–Crippen LogP) is 5.59. The molecule has 35 heavy (non-hydrogen) atoms. The van der Waals surface area contributed by atoms with Crippen molar-refractivity contribution in [3.63, 3.8) is 0 Å². The van der Waals surface area contributed by atoms with E-state index in [0.717, 1.165) is 32.8 Å². The van der Waals surface area contributed by atoms with Gasteiger partial charge in [-0.3, -0.25) is 14.5 Å². The Bertz CT molecular complexity index is 1350. The van der Waals surface area contributed by atoms with Gasteiger partial charge in [0, 0.05) is 18.7 Å². The van der Waals surface area contributed by atoms with E-state index in [0.29, 0.717) is 24.8 Å². The second-order valence-corrected chi connectivity index (χ2v) is 9.67. The molecule has 0 bridgehead atoms. The molecule has 2 amide bonds. The lowest BCUT2D eigenvalue weighted by atomic mass is 10.1. The van der Waals surface area contributed by atoms with E-state index in [2.05, 4.69) is 0 Å². The van der Waals surface area contributed by atoms with Crippen molar-refractivity contribution in [3.05, 3.63) is 83.9 Å². The zero-order valence-electron chi connectivity index (χ0n) is 19.8. The maximum absolute atomic E-state index is 13.9. The summed E-state index contributed by atoms with van der Waals surface area (Å²) in [5.41, 5.74) is 3.79. The molecule has 1 unspecified atom stereocenters. The number of anilines is 2. The van der Waals surface area contributed by atoms with Gasteiger partial charge >= 0.3 is 0 Å². The molecule has 1 aliphatic rings. The normalized spacial score (nSPS) is 15.5. The van der Waals surface area contributed by atoms with Crippen molar-refractivity contribution in [1.82, 2.24) is 4.98 Å². The van der Waals surface area contributed by atoms with Gasteiger partial charge in [0.05, 0.1) is 29.3 Å². The number of thiazole rings is 1. The Morgan fingerprint density at radius 1 is 1.09 bits per heavy atom. The molecule has 4 aromatic rings. The standard InChI is InChI=1S/C28H27N3O3S/c1-3-34-23-14-12-22(13-15-23)30-18-21(16-25(30)32)27(33)31(17-20-9-5-4-6-10-20)28-29-26-19(2)8-7-11-24(26)35-28/h4-15,21H,3,16-18H2,1-2H3. The maximum atomic E-state index is 13.9. The molecule has 0 N–H and O–H groups in total. The minimum Gasteiger partial charge on any atom is -0.494 e. The first-order chi connectivity index (χ1) is 17.0. The second kappa shape index (κ2) is 9.88. The number of hydrogen-bond donors (Lipinski definition) is 0. The highest BCUT2D eigenvalue weighted by Crippen LogP contribution is 2.34. The Hall–Kier alpha value is -3.71. The van der Waals surface area contributed by atoms with Crippen LogP contribution in [0.5, 0.6) is 5.75 Å². The van der Waals surface area contributed by atoms with Gasteiger partial charge in [-0.15, -0.1) is 0 Å². The first-order valence-electron chi connectivity index (χ1n) is 11.8. The van der Waals surface area contributed by atoms with E-state index in [-0.39, 0.29) is 18.2 Å². The van der Waals surface area contributed by atoms with Crippen LogP contribution in [-0.4, -0.2) is 29.9 Å². The van der Waals surface area contributed by atoms with Crippen LogP contribution < -0.4 is 14.5 Å². The van der Waals surface area contributed by atoms with Crippen molar-refractivity contribution < 1.29 is 14.3 Å². The van der Waals surface area contributed by atoms with Crippen LogP contribution in [0, 0.1) is 12.8 Å². The molecule has 0 aliphatic carbocycles. The fourth-order valence-corrected chi connectivity index (χ4v) is 5.48. The lowest BCUT2D eigenvalue weighted by Crippen LogP contribution is -2.37. The molecule has 1 aromatic heterocycles. The molecule has 1 saturated heterocycles. The Morgan fingerprint density at radius 2 is 1.86 bits per heavy atom. The van der Waals surface area contributed by atoms with Crippen LogP contribution >= 0.6 is 11.3 Å². The summed E-state index contributed by atoms with van der Waals surface area (Å²) in [4.78, 5) is 35.1. The summed E-state index contributed by atoms with van der Waals surface area (Å²) in [7, 11) is 0. The van der Waals surface area contributed by atoms with Crippen LogP contribution in [0.25, 0.3) is 10.2 Å². The van der Waals surface area contributed by atoms with E-state index < -0.39 is 5.92 Å². The van der Waals surface area contributed by atoms with E-state index >= 15 is 0 Å². The van der Waals surface area contributed by atoms with Crippen molar-refractivity contribution in [2.75, 3.05) is 23.0 Å². The molecule has 6 nitrogen and oxygen atoms in total. The van der Waals surface area contributed by atoms with Gasteiger partial charge in [0.15, 0.2) is 5.13 Å². The smallest absolute Gasteiger partial charge is 0.234 e. The topological polar surface area (TPSA) is 62.7 Å². The quantitative estimate of drug-likeness (QED) is 0.342. The molecule has 7 heteroatoms. The van der Waals surface area contributed by atoms with Gasteiger partial charge in [-0.05, 0) is 55.3 Å². The Balaban J connectivity index is 1.43. The molecule has 0 radical (unpaired) electrons. The first kappa shape index (κ1) is 23.1. The third kappa shape index (κ3) is 4.77. The van der Waals surface area contributed by atoms with Crippen LogP contribution in [-0.2, 0) is 16.1 Å². The average Bonchev–Trinajstić information content (AvgIpc) is 3.48. The van der Waals surface area contributed by atoms with Gasteiger partial charge in [-0.1, -0.05) is 53.8 Å². The van der Waals surface area contributed by atoms with Gasteiger partial charge in [-0.2, -0.15) is 0 Å². The summed E-state index contributed by atoms with van der Waals surface area (Å²) in [5.74, 6) is 0.196. The number of ether oxygens (including phenoxy) is 1. The number of amides is 2. The molecule has 1 aliphatic heterocycles. The number of fused-ring (bicyclic) bond motifs is 1. The zero-order chi connectivity index (χ0) is 24.4. The van der Waals surface area contributed by atoms with Crippen molar-refractivity contribution in [2.24, 2.45) is 5.92 Å². The maximum Gasteiger partial charge on any atom is 0.234 e. The SMILES string of the molecule is CCOc1ccc(N2CC(C(=O)N(Cc3ccccc3)c3nc4c(C)cccc4s3)CC2=O)cc1. The summed E-state index contributed by atoms with van der Waals surface area (Å²) in [6, 6.07) is 23.4. The van der Waals surface area contributed by atoms with Crippen molar-refractivity contribution >= 4 is 44.2 Å². The number of hydrogen-bond acceptors (Lipinski definition) is 5. The Morgan fingerprint density at radius 3 is 2.57 bits per heavy atom. The van der Waals surface area contributed by atoms with E-state index in [1.54, 1.807) is 9.80 Å². The fraction of sp³-hybridized carbons (Fsp3) is 0.250. The number of benzene rings is 3. The number of nitrogens with zero attached hydrogens (tertiary/aromatic N) is 3. The average molecular weight is 486 g/mol. The number of carbonyl (C=O) groups excluding carboxylic acids is 2. The van der Waals surface area contributed by atoms with Crippen molar-refractivity contribution in [2.45, 2.75) is 26.8 Å². The number of rotatable bonds is 7. The van der Waals surface area contributed by atoms with Crippen LogP contribution in [0.2, 0.25) is 0 Å². The second-order valence-electron chi connectivity index (χ2n) is 8.66. The van der Waals surface area contributed by atoms with Crippen LogP contribution in [0.15, 0.2) is 72.8 Å². The third-order valence-electron chi connectivity index (χ3n) is 6.22. The lowest BCUT2D eigenvalue weighted by Gasteiger charge is -2.23. The molecular weight excluding hydrogens is 458 g/mol. The summed E-state index contributed by atoms with van der Waals surface area (Å²) < 4.78 is 6.56. The molecule has 1 fully saturated rings. The van der Waals surface area contributed by atoms with Gasteiger partial charge < -0.3 is 9.64 Å². The minimum absolute atomic E-state index is 0.0488. The third-order valence-corrected chi connectivity index (χ3v) is 7.27. The monoisotopic (exact) mass is 485 g/mol. The largest absolute Gasteiger partial charge is 0.494 e. The number of para-hydroxylation sites is 1. The van der Waals surface area contributed by atoms with Gasteiger partial charge in [-0.25, -0.2) is 4.98 Å². The molecule has 5 rings (SSSR count).